The zero-order chi connectivity index (χ0) is 14.1. The summed E-state index contributed by atoms with van der Waals surface area (Å²) in [6, 6.07) is 0. The van der Waals surface area contributed by atoms with Crippen molar-refractivity contribution in [3.05, 3.63) is 12.7 Å². The van der Waals surface area contributed by atoms with Gasteiger partial charge < -0.3 is 26.5 Å². The highest BCUT2D eigenvalue weighted by Crippen LogP contribution is 2.06. The monoisotopic (exact) mass is 259 g/mol. The standard InChI is InChI=1S/C9H18NO2.BF4/c1-5-9(11)12-8-7-10(3,4)6-2;2-1(3,4)5/h5H,1,6-8H2,2-4H3;/q+1;-1. The maximum Gasteiger partial charge on any atom is 0.673 e. The van der Waals surface area contributed by atoms with Crippen molar-refractivity contribution in [2.24, 2.45) is 0 Å². The van der Waals surface area contributed by atoms with Crippen LogP contribution in [0.1, 0.15) is 6.92 Å². The summed E-state index contributed by atoms with van der Waals surface area (Å²) in [5.74, 6) is -0.342. The minimum atomic E-state index is -6.00. The molecule has 0 amide bonds. The van der Waals surface area contributed by atoms with Crippen molar-refractivity contribution in [2.45, 2.75) is 6.92 Å². The van der Waals surface area contributed by atoms with E-state index in [4.69, 9.17) is 4.74 Å². The lowest BCUT2D eigenvalue weighted by Crippen LogP contribution is -2.42. The average molecular weight is 259 g/mol. The van der Waals surface area contributed by atoms with Crippen molar-refractivity contribution in [1.82, 2.24) is 0 Å². The third-order valence-electron chi connectivity index (χ3n) is 1.96. The Balaban J connectivity index is 0. The fourth-order valence-corrected chi connectivity index (χ4v) is 0.610. The molecule has 8 heteroatoms. The van der Waals surface area contributed by atoms with E-state index in [2.05, 4.69) is 27.6 Å². The first-order valence-electron chi connectivity index (χ1n) is 5.00. The number of carbonyl (C=O) groups excluding carboxylic acids is 1. The molecule has 0 saturated heterocycles. The minimum absolute atomic E-state index is 0.342. The Hall–Kier alpha value is -1.05. The Bertz CT molecular complexity index is 238. The van der Waals surface area contributed by atoms with Crippen LogP contribution in [-0.4, -0.2) is 51.5 Å². The maximum absolute atomic E-state index is 10.6. The molecular formula is C9H18BF4NO2. The molecular weight excluding hydrogens is 241 g/mol. The van der Waals surface area contributed by atoms with Gasteiger partial charge in [-0.1, -0.05) is 6.58 Å². The van der Waals surface area contributed by atoms with Gasteiger partial charge in [-0.15, -0.1) is 0 Å². The molecule has 0 atom stereocenters. The van der Waals surface area contributed by atoms with Gasteiger partial charge in [0.2, 0.25) is 0 Å². The van der Waals surface area contributed by atoms with Crippen LogP contribution in [0, 0.1) is 0 Å². The van der Waals surface area contributed by atoms with Crippen LogP contribution in [0.3, 0.4) is 0 Å². The number of nitrogens with zero attached hydrogens (tertiary/aromatic N) is 1. The second kappa shape index (κ2) is 8.11. The normalized spacial score (nSPS) is 11.2. The molecule has 102 valence electrons. The van der Waals surface area contributed by atoms with E-state index in [0.717, 1.165) is 17.6 Å². The summed E-state index contributed by atoms with van der Waals surface area (Å²) in [6.07, 6.45) is 1.19. The van der Waals surface area contributed by atoms with Gasteiger partial charge in [0.05, 0.1) is 20.6 Å². The quantitative estimate of drug-likeness (QED) is 0.248. The molecule has 3 nitrogen and oxygen atoms in total. The average Bonchev–Trinajstić information content (AvgIpc) is 2.14. The zero-order valence-corrected chi connectivity index (χ0v) is 10.3. The van der Waals surface area contributed by atoms with Gasteiger partial charge in [0.1, 0.15) is 13.2 Å². The Morgan fingerprint density at radius 2 is 1.76 bits per heavy atom. The Kier molecular flexibility index (Phi) is 8.74. The third kappa shape index (κ3) is 20.9. The zero-order valence-electron chi connectivity index (χ0n) is 10.3. The first kappa shape index (κ1) is 18.3. The molecule has 0 aliphatic heterocycles. The van der Waals surface area contributed by atoms with Gasteiger partial charge in [-0.3, -0.25) is 0 Å². The van der Waals surface area contributed by atoms with Gasteiger partial charge >= 0.3 is 13.2 Å². The molecule has 0 aromatic rings. The van der Waals surface area contributed by atoms with E-state index >= 15 is 0 Å². The number of halogens is 4. The molecule has 0 N–H and O–H groups in total. The number of hydrogen-bond acceptors (Lipinski definition) is 2. The highest BCUT2D eigenvalue weighted by molar-refractivity contribution is 6.50. The number of likely N-dealkylation sites (N-methyl/N-ethyl adjacent to an activating group) is 1. The van der Waals surface area contributed by atoms with Gasteiger partial charge in [-0.2, -0.15) is 0 Å². The number of esters is 1. The smallest absolute Gasteiger partial charge is 0.457 e. The van der Waals surface area contributed by atoms with E-state index in [-0.39, 0.29) is 5.97 Å². The van der Waals surface area contributed by atoms with Crippen molar-refractivity contribution in [1.29, 1.82) is 0 Å². The van der Waals surface area contributed by atoms with Crippen molar-refractivity contribution in [3.63, 3.8) is 0 Å². The van der Waals surface area contributed by atoms with Crippen LogP contribution in [0.4, 0.5) is 17.3 Å². The molecule has 0 bridgehead atoms. The molecule has 17 heavy (non-hydrogen) atoms. The molecule has 0 aromatic carbocycles. The van der Waals surface area contributed by atoms with Gasteiger partial charge in [-0.05, 0) is 6.92 Å². The summed E-state index contributed by atoms with van der Waals surface area (Å²) in [4.78, 5) is 10.6. The molecule has 0 aromatic heterocycles. The Labute approximate surface area is 98.7 Å². The van der Waals surface area contributed by atoms with Crippen molar-refractivity contribution >= 4 is 13.2 Å². The van der Waals surface area contributed by atoms with Gasteiger partial charge in [-0.25, -0.2) is 4.79 Å². The maximum atomic E-state index is 10.6. The van der Waals surface area contributed by atoms with Gasteiger partial charge in [0, 0.05) is 6.08 Å². The number of carbonyl (C=O) groups is 1. The van der Waals surface area contributed by atoms with Crippen LogP contribution in [-0.2, 0) is 9.53 Å². The molecule has 0 saturated carbocycles. The number of hydrogen-bond donors (Lipinski definition) is 0. The highest BCUT2D eigenvalue weighted by Gasteiger charge is 2.20. The van der Waals surface area contributed by atoms with E-state index in [1.807, 2.05) is 0 Å². The van der Waals surface area contributed by atoms with E-state index in [9.17, 15) is 22.1 Å². The fourth-order valence-electron chi connectivity index (χ4n) is 0.610. The van der Waals surface area contributed by atoms with Crippen molar-refractivity contribution in [2.75, 3.05) is 33.8 Å². The van der Waals surface area contributed by atoms with E-state index in [1.54, 1.807) is 0 Å². The predicted molar refractivity (Wildman–Crippen MR) is 58.9 cm³/mol. The van der Waals surface area contributed by atoms with Crippen LogP contribution in [0.15, 0.2) is 12.7 Å². The Morgan fingerprint density at radius 3 is 2.06 bits per heavy atom. The number of quaternary nitrogens is 1. The van der Waals surface area contributed by atoms with E-state index < -0.39 is 7.25 Å². The lowest BCUT2D eigenvalue weighted by molar-refractivity contribution is -0.888. The molecule has 0 spiro atoms. The fraction of sp³-hybridized carbons (Fsp3) is 0.667. The van der Waals surface area contributed by atoms with Crippen LogP contribution >= 0.6 is 0 Å². The Morgan fingerprint density at radius 1 is 1.35 bits per heavy atom. The molecule has 0 radical (unpaired) electrons. The lowest BCUT2D eigenvalue weighted by atomic mass is 10.3. The lowest BCUT2D eigenvalue weighted by Gasteiger charge is -2.27. The first-order chi connectivity index (χ1) is 7.52. The SMILES string of the molecule is C=CC(=O)OCC[N+](C)(C)CC.F[B-](F)(F)F. The van der Waals surface area contributed by atoms with Gasteiger partial charge in [0.25, 0.3) is 0 Å². The second-order valence-corrected chi connectivity index (χ2v) is 3.84. The summed E-state index contributed by atoms with van der Waals surface area (Å²) in [6.45, 7) is 7.76. The summed E-state index contributed by atoms with van der Waals surface area (Å²) in [5.41, 5.74) is 0. The molecule has 0 rings (SSSR count). The largest absolute Gasteiger partial charge is 0.673 e. The van der Waals surface area contributed by atoms with E-state index in [0.29, 0.717) is 6.61 Å². The number of ether oxygens (including phenoxy) is 1. The number of rotatable bonds is 5. The molecule has 0 unspecified atom stereocenters. The highest BCUT2D eigenvalue weighted by atomic mass is 19.5. The van der Waals surface area contributed by atoms with E-state index in [1.165, 1.54) is 6.08 Å². The van der Waals surface area contributed by atoms with Crippen LogP contribution in [0.25, 0.3) is 0 Å². The van der Waals surface area contributed by atoms with Crippen LogP contribution in [0.5, 0.6) is 0 Å². The predicted octanol–water partition coefficient (Wildman–Crippen LogP) is 2.11. The summed E-state index contributed by atoms with van der Waals surface area (Å²) in [5, 5.41) is 0. The molecule has 0 fully saturated rings. The molecule has 0 heterocycles. The van der Waals surface area contributed by atoms with Crippen molar-refractivity contribution in [3.8, 4) is 0 Å². The summed E-state index contributed by atoms with van der Waals surface area (Å²) >= 11 is 0. The first-order valence-corrected chi connectivity index (χ1v) is 5.00. The second-order valence-electron chi connectivity index (χ2n) is 3.84. The van der Waals surface area contributed by atoms with Gasteiger partial charge in [0.15, 0.2) is 0 Å². The van der Waals surface area contributed by atoms with Crippen molar-refractivity contribution < 1.29 is 31.3 Å². The summed E-state index contributed by atoms with van der Waals surface area (Å²) in [7, 11) is -1.80. The van der Waals surface area contributed by atoms with Crippen LogP contribution < -0.4 is 0 Å². The minimum Gasteiger partial charge on any atom is -0.457 e. The molecule has 0 aliphatic rings. The molecule has 0 aliphatic carbocycles. The third-order valence-corrected chi connectivity index (χ3v) is 1.96. The topological polar surface area (TPSA) is 26.3 Å². The summed E-state index contributed by atoms with van der Waals surface area (Å²) < 4.78 is 44.7. The van der Waals surface area contributed by atoms with Crippen LogP contribution in [0.2, 0.25) is 0 Å².